The summed E-state index contributed by atoms with van der Waals surface area (Å²) in [5, 5.41) is 10.1. The average molecular weight is 318 g/mol. The van der Waals surface area contributed by atoms with E-state index in [4.69, 9.17) is 4.74 Å². The Bertz CT molecular complexity index is 595. The predicted molar refractivity (Wildman–Crippen MR) is 87.3 cm³/mol. The van der Waals surface area contributed by atoms with Gasteiger partial charge in [-0.25, -0.2) is 4.39 Å². The Kier molecular flexibility index (Phi) is 6.65. The van der Waals surface area contributed by atoms with Gasteiger partial charge in [-0.15, -0.1) is 0 Å². The predicted octanol–water partition coefficient (Wildman–Crippen LogP) is 2.79. The van der Waals surface area contributed by atoms with Crippen LogP contribution >= 0.6 is 0 Å². The van der Waals surface area contributed by atoms with E-state index < -0.39 is 6.10 Å². The summed E-state index contributed by atoms with van der Waals surface area (Å²) in [6, 6.07) is 10.6. The highest BCUT2D eigenvalue weighted by molar-refractivity contribution is 5.16. The molecule has 0 fully saturated rings. The number of pyridine rings is 1. The van der Waals surface area contributed by atoms with Crippen molar-refractivity contribution in [1.82, 2.24) is 9.88 Å². The molecule has 4 nitrogen and oxygen atoms in total. The second-order valence-electron chi connectivity index (χ2n) is 5.66. The van der Waals surface area contributed by atoms with Crippen LogP contribution in [0.5, 0.6) is 0 Å². The summed E-state index contributed by atoms with van der Waals surface area (Å²) >= 11 is 0. The van der Waals surface area contributed by atoms with Gasteiger partial charge >= 0.3 is 0 Å². The average Bonchev–Trinajstić information content (AvgIpc) is 2.56. The maximum absolute atomic E-state index is 13.5. The summed E-state index contributed by atoms with van der Waals surface area (Å²) in [6.45, 7) is 2.87. The number of rotatable bonds is 8. The van der Waals surface area contributed by atoms with Crippen LogP contribution in [0.25, 0.3) is 0 Å². The Labute approximate surface area is 136 Å². The van der Waals surface area contributed by atoms with Crippen LogP contribution in [-0.2, 0) is 11.3 Å². The zero-order valence-corrected chi connectivity index (χ0v) is 13.5. The number of aromatic nitrogens is 1. The van der Waals surface area contributed by atoms with Gasteiger partial charge in [-0.3, -0.25) is 9.88 Å². The second-order valence-corrected chi connectivity index (χ2v) is 5.66. The molecule has 0 saturated heterocycles. The molecule has 1 aromatic heterocycles. The van der Waals surface area contributed by atoms with Crippen LogP contribution < -0.4 is 0 Å². The van der Waals surface area contributed by atoms with Crippen molar-refractivity contribution in [3.8, 4) is 0 Å². The topological polar surface area (TPSA) is 45.6 Å². The van der Waals surface area contributed by atoms with Gasteiger partial charge in [0.05, 0.1) is 19.3 Å². The van der Waals surface area contributed by atoms with Gasteiger partial charge in [0.15, 0.2) is 0 Å². The van der Waals surface area contributed by atoms with Crippen LogP contribution in [0, 0.1) is 5.82 Å². The summed E-state index contributed by atoms with van der Waals surface area (Å²) in [7, 11) is 1.95. The van der Waals surface area contributed by atoms with Crippen molar-refractivity contribution in [1.29, 1.82) is 0 Å². The van der Waals surface area contributed by atoms with Gasteiger partial charge in [-0.2, -0.15) is 0 Å². The van der Waals surface area contributed by atoms with Gasteiger partial charge in [-0.1, -0.05) is 18.2 Å². The summed E-state index contributed by atoms with van der Waals surface area (Å²) < 4.78 is 18.9. The van der Waals surface area contributed by atoms with Crippen molar-refractivity contribution >= 4 is 0 Å². The van der Waals surface area contributed by atoms with Gasteiger partial charge in [0.2, 0.25) is 0 Å². The first kappa shape index (κ1) is 17.5. The van der Waals surface area contributed by atoms with E-state index in [0.717, 1.165) is 5.56 Å². The summed E-state index contributed by atoms with van der Waals surface area (Å²) in [6.07, 6.45) is 2.89. The fourth-order valence-corrected chi connectivity index (χ4v) is 2.36. The number of aliphatic hydroxyl groups excluding tert-OH is 1. The second kappa shape index (κ2) is 8.72. The van der Waals surface area contributed by atoms with E-state index >= 15 is 0 Å². The number of likely N-dealkylation sites (N-methyl/N-ethyl adjacent to an activating group) is 1. The van der Waals surface area contributed by atoms with Crippen molar-refractivity contribution < 1.29 is 14.2 Å². The molecular formula is C18H23FN2O2. The molecule has 2 atom stereocenters. The van der Waals surface area contributed by atoms with E-state index in [1.54, 1.807) is 30.6 Å². The lowest BCUT2D eigenvalue weighted by molar-refractivity contribution is 0.00778. The highest BCUT2D eigenvalue weighted by Gasteiger charge is 2.15. The summed E-state index contributed by atoms with van der Waals surface area (Å²) in [5.41, 5.74) is 1.64. The Morgan fingerprint density at radius 1 is 1.22 bits per heavy atom. The number of hydrogen-bond donors (Lipinski definition) is 1. The molecule has 23 heavy (non-hydrogen) atoms. The number of nitrogens with zero attached hydrogens (tertiary/aromatic N) is 2. The van der Waals surface area contributed by atoms with Crippen molar-refractivity contribution in [3.63, 3.8) is 0 Å². The monoisotopic (exact) mass is 318 g/mol. The molecule has 1 N–H and O–H groups in total. The lowest BCUT2D eigenvalue weighted by atomic mass is 10.1. The third kappa shape index (κ3) is 5.39. The smallest absolute Gasteiger partial charge is 0.128 e. The minimum atomic E-state index is -0.629. The third-order valence-electron chi connectivity index (χ3n) is 3.87. The lowest BCUT2D eigenvalue weighted by Crippen LogP contribution is -2.34. The Balaban J connectivity index is 1.76. The van der Waals surface area contributed by atoms with E-state index in [2.05, 4.69) is 11.9 Å². The summed E-state index contributed by atoms with van der Waals surface area (Å²) in [4.78, 5) is 6.05. The molecular weight excluding hydrogens is 295 g/mol. The molecule has 0 bridgehead atoms. The van der Waals surface area contributed by atoms with Crippen LogP contribution in [0.4, 0.5) is 4.39 Å². The van der Waals surface area contributed by atoms with Crippen LogP contribution in [0.2, 0.25) is 0 Å². The van der Waals surface area contributed by atoms with Crippen LogP contribution in [0.15, 0.2) is 48.8 Å². The minimum absolute atomic E-state index is 0.160. The molecule has 0 aliphatic carbocycles. The molecule has 0 spiro atoms. The third-order valence-corrected chi connectivity index (χ3v) is 3.87. The molecule has 2 unspecified atom stereocenters. The molecule has 1 heterocycles. The van der Waals surface area contributed by atoms with Gasteiger partial charge in [-0.05, 0) is 37.7 Å². The van der Waals surface area contributed by atoms with E-state index in [0.29, 0.717) is 12.1 Å². The number of halogens is 1. The molecule has 0 saturated carbocycles. The minimum Gasteiger partial charge on any atom is -0.389 e. The first-order chi connectivity index (χ1) is 11.1. The highest BCUT2D eigenvalue weighted by atomic mass is 19.1. The van der Waals surface area contributed by atoms with E-state index in [9.17, 15) is 9.50 Å². The van der Waals surface area contributed by atoms with Gasteiger partial charge in [0.1, 0.15) is 5.82 Å². The van der Waals surface area contributed by atoms with E-state index in [1.165, 1.54) is 6.07 Å². The molecule has 5 heteroatoms. The molecule has 2 rings (SSSR count). The molecule has 124 valence electrons. The first-order valence-electron chi connectivity index (χ1n) is 7.67. The van der Waals surface area contributed by atoms with Crippen molar-refractivity contribution in [2.75, 3.05) is 20.2 Å². The maximum Gasteiger partial charge on any atom is 0.128 e. The zero-order chi connectivity index (χ0) is 16.7. The first-order valence-corrected chi connectivity index (χ1v) is 7.67. The number of ether oxygens (including phenoxy) is 1. The largest absolute Gasteiger partial charge is 0.389 e. The van der Waals surface area contributed by atoms with Gasteiger partial charge in [0, 0.05) is 30.5 Å². The highest BCUT2D eigenvalue weighted by Crippen LogP contribution is 2.17. The summed E-state index contributed by atoms with van der Waals surface area (Å²) in [5.74, 6) is -0.287. The molecule has 1 aromatic carbocycles. The molecule has 0 aliphatic heterocycles. The fourth-order valence-electron chi connectivity index (χ4n) is 2.36. The molecule has 0 aliphatic rings. The van der Waals surface area contributed by atoms with Crippen molar-refractivity contribution in [2.24, 2.45) is 0 Å². The maximum atomic E-state index is 13.5. The van der Waals surface area contributed by atoms with Crippen LogP contribution in [0.3, 0.4) is 0 Å². The van der Waals surface area contributed by atoms with E-state index in [1.807, 2.05) is 24.1 Å². The van der Waals surface area contributed by atoms with Crippen molar-refractivity contribution in [3.05, 3.63) is 65.7 Å². The fraction of sp³-hybridized carbons (Fsp3) is 0.389. The quantitative estimate of drug-likeness (QED) is 0.813. The Hall–Kier alpha value is -1.82. The molecule has 0 amide bonds. The van der Waals surface area contributed by atoms with E-state index in [-0.39, 0.29) is 25.1 Å². The zero-order valence-electron chi connectivity index (χ0n) is 13.5. The molecule has 0 radical (unpaired) electrons. The standard InChI is InChI=1S/C18H23FN2O2/c1-14(15-7-9-20-10-8-15)21(2)11-17(22)13-23-12-16-5-3-4-6-18(16)19/h3-10,14,17,22H,11-13H2,1-2H3. The van der Waals surface area contributed by atoms with Crippen LogP contribution in [-0.4, -0.2) is 41.3 Å². The Morgan fingerprint density at radius 2 is 1.91 bits per heavy atom. The Morgan fingerprint density at radius 3 is 2.61 bits per heavy atom. The number of benzene rings is 1. The van der Waals surface area contributed by atoms with Crippen molar-refractivity contribution in [2.45, 2.75) is 25.7 Å². The number of hydrogen-bond acceptors (Lipinski definition) is 4. The van der Waals surface area contributed by atoms with Gasteiger partial charge < -0.3 is 9.84 Å². The SMILES string of the molecule is CC(c1ccncc1)N(C)CC(O)COCc1ccccc1F. The normalized spacial score (nSPS) is 14.0. The van der Waals surface area contributed by atoms with Crippen LogP contribution in [0.1, 0.15) is 24.1 Å². The van der Waals surface area contributed by atoms with Gasteiger partial charge in [0.25, 0.3) is 0 Å². The number of aliphatic hydroxyl groups is 1. The molecule has 2 aromatic rings. The lowest BCUT2D eigenvalue weighted by Gasteiger charge is -2.27.